The molecule has 1 aliphatic heterocycles. The maximum Gasteiger partial charge on any atom is 0.285 e. The zero-order valence-electron chi connectivity index (χ0n) is 7.18. The molecule has 1 aromatic rings. The number of hydrogen-bond donors (Lipinski definition) is 1. The second-order valence-electron chi connectivity index (χ2n) is 2.47. The van der Waals surface area contributed by atoms with Crippen LogP contribution >= 0.6 is 0 Å². The highest BCUT2D eigenvalue weighted by atomic mass is 16.5. The molecule has 4 nitrogen and oxygen atoms in total. The Hall–Kier alpha value is -2.12. The van der Waals surface area contributed by atoms with E-state index >= 15 is 0 Å². The molecule has 0 aromatic heterocycles. The van der Waals surface area contributed by atoms with E-state index in [1.165, 1.54) is 12.1 Å². The van der Waals surface area contributed by atoms with Gasteiger partial charge in [0.25, 0.3) is 11.8 Å². The summed E-state index contributed by atoms with van der Waals surface area (Å²) >= 11 is 0. The van der Waals surface area contributed by atoms with Gasteiger partial charge in [-0.25, -0.2) is 0 Å². The normalized spacial score (nSPS) is 13.2. The van der Waals surface area contributed by atoms with Gasteiger partial charge in [0.2, 0.25) is 0 Å². The highest BCUT2D eigenvalue weighted by Gasteiger charge is 2.33. The molecular weight excluding hydrogens is 182 g/mol. The average molecular weight is 189 g/mol. The van der Waals surface area contributed by atoms with Gasteiger partial charge in [-0.2, -0.15) is 0 Å². The monoisotopic (exact) mass is 189 g/mol. The van der Waals surface area contributed by atoms with Crippen LogP contribution in [-0.2, 0) is 0 Å². The molecule has 2 rings (SSSR count). The molecule has 0 spiro atoms. The predicted octanol–water partition coefficient (Wildman–Crippen LogP) is 0.921. The molecule has 0 unspecified atom stereocenters. The minimum atomic E-state index is -0.657. The van der Waals surface area contributed by atoms with Crippen LogP contribution in [0.2, 0.25) is 0 Å². The van der Waals surface area contributed by atoms with Gasteiger partial charge >= 0.3 is 0 Å². The molecule has 1 aromatic carbocycles. The summed E-state index contributed by atoms with van der Waals surface area (Å²) in [6.07, 6.45) is 8.00. The van der Waals surface area contributed by atoms with Crippen molar-refractivity contribution in [1.29, 1.82) is 0 Å². The van der Waals surface area contributed by atoms with Crippen molar-refractivity contribution >= 4 is 11.8 Å². The lowest BCUT2D eigenvalue weighted by Crippen LogP contribution is -2.25. The Morgan fingerprint density at radius 1 is 1.00 bits per heavy atom. The number of carbonyl (C=O) groups is 2. The molecule has 14 heavy (non-hydrogen) atoms. The standard InChI is InChI=1S/C8H5NO3.C2H2/c10-7-5-3-1-2-4-6(5)8(11)9(7)12;1-2/h1-4,12H;1-2H. The maximum absolute atomic E-state index is 11.1. The molecule has 0 saturated carbocycles. The minimum Gasteiger partial charge on any atom is -0.278 e. The summed E-state index contributed by atoms with van der Waals surface area (Å²) in [6, 6.07) is 6.30. The Morgan fingerprint density at radius 2 is 1.36 bits per heavy atom. The van der Waals surface area contributed by atoms with Crippen molar-refractivity contribution < 1.29 is 14.8 Å². The van der Waals surface area contributed by atoms with E-state index in [-0.39, 0.29) is 16.2 Å². The van der Waals surface area contributed by atoms with E-state index in [1.54, 1.807) is 12.1 Å². The van der Waals surface area contributed by atoms with Crippen molar-refractivity contribution in [3.63, 3.8) is 0 Å². The fourth-order valence-corrected chi connectivity index (χ4v) is 1.18. The van der Waals surface area contributed by atoms with Crippen LogP contribution in [0.15, 0.2) is 24.3 Å². The zero-order valence-corrected chi connectivity index (χ0v) is 7.18. The van der Waals surface area contributed by atoms with Crippen molar-refractivity contribution in [1.82, 2.24) is 5.06 Å². The first kappa shape index (κ1) is 9.96. The van der Waals surface area contributed by atoms with Crippen molar-refractivity contribution in [3.05, 3.63) is 35.4 Å². The van der Waals surface area contributed by atoms with E-state index in [4.69, 9.17) is 5.21 Å². The molecule has 4 heteroatoms. The van der Waals surface area contributed by atoms with Crippen LogP contribution in [0, 0.1) is 12.8 Å². The van der Waals surface area contributed by atoms with Gasteiger partial charge in [0, 0.05) is 0 Å². The molecule has 0 radical (unpaired) electrons. The van der Waals surface area contributed by atoms with Gasteiger partial charge in [0.05, 0.1) is 11.1 Å². The summed E-state index contributed by atoms with van der Waals surface area (Å²) in [7, 11) is 0. The van der Waals surface area contributed by atoms with E-state index in [0.717, 1.165) is 0 Å². The van der Waals surface area contributed by atoms with Crippen LogP contribution < -0.4 is 0 Å². The number of hydroxylamine groups is 2. The molecular formula is C10H7NO3. The zero-order chi connectivity index (χ0) is 10.7. The number of fused-ring (bicyclic) bond motifs is 1. The van der Waals surface area contributed by atoms with Crippen LogP contribution in [0.4, 0.5) is 0 Å². The quantitative estimate of drug-likeness (QED) is 0.375. The van der Waals surface area contributed by atoms with Gasteiger partial charge in [-0.1, -0.05) is 12.1 Å². The van der Waals surface area contributed by atoms with Gasteiger partial charge in [0.15, 0.2) is 0 Å². The Labute approximate surface area is 80.7 Å². The first-order valence-corrected chi connectivity index (χ1v) is 3.72. The van der Waals surface area contributed by atoms with Gasteiger partial charge < -0.3 is 0 Å². The maximum atomic E-state index is 11.1. The highest BCUT2D eigenvalue weighted by Crippen LogP contribution is 2.19. The summed E-state index contributed by atoms with van der Waals surface area (Å²) in [6.45, 7) is 0. The molecule has 0 fully saturated rings. The Kier molecular flexibility index (Phi) is 2.65. The molecule has 1 N–H and O–H groups in total. The number of imide groups is 1. The van der Waals surface area contributed by atoms with E-state index < -0.39 is 11.8 Å². The minimum absolute atomic E-state index is 0.130. The van der Waals surface area contributed by atoms with E-state index in [2.05, 4.69) is 12.8 Å². The number of amides is 2. The van der Waals surface area contributed by atoms with Crippen molar-refractivity contribution in [2.75, 3.05) is 0 Å². The summed E-state index contributed by atoms with van der Waals surface area (Å²) in [5.41, 5.74) is 0.509. The number of terminal acetylenes is 1. The third-order valence-corrected chi connectivity index (χ3v) is 1.77. The van der Waals surface area contributed by atoms with Crippen LogP contribution in [0.3, 0.4) is 0 Å². The molecule has 70 valence electrons. The second-order valence-corrected chi connectivity index (χ2v) is 2.47. The lowest BCUT2D eigenvalue weighted by molar-refractivity contribution is -0.0327. The smallest absolute Gasteiger partial charge is 0.278 e. The Morgan fingerprint density at radius 3 is 1.71 bits per heavy atom. The van der Waals surface area contributed by atoms with E-state index in [9.17, 15) is 9.59 Å². The number of benzene rings is 1. The van der Waals surface area contributed by atoms with Gasteiger partial charge in [-0.3, -0.25) is 14.8 Å². The largest absolute Gasteiger partial charge is 0.285 e. The summed E-state index contributed by atoms with van der Waals surface area (Å²) in [4.78, 5) is 22.1. The average Bonchev–Trinajstić information content (AvgIpc) is 2.48. The lowest BCUT2D eigenvalue weighted by atomic mass is 10.1. The first-order chi connectivity index (χ1) is 6.72. The fraction of sp³-hybridized carbons (Fsp3) is 0. The van der Waals surface area contributed by atoms with Crippen molar-refractivity contribution in [2.24, 2.45) is 0 Å². The van der Waals surface area contributed by atoms with Crippen LogP contribution in [0.1, 0.15) is 20.7 Å². The molecule has 0 saturated heterocycles. The Bertz CT molecular complexity index is 374. The summed E-state index contributed by atoms with van der Waals surface area (Å²) < 4.78 is 0. The topological polar surface area (TPSA) is 57.6 Å². The highest BCUT2D eigenvalue weighted by molar-refractivity contribution is 6.20. The van der Waals surface area contributed by atoms with Crippen molar-refractivity contribution in [2.45, 2.75) is 0 Å². The SMILES string of the molecule is C#C.O=C1c2ccccc2C(=O)N1O. The van der Waals surface area contributed by atoms with Crippen molar-refractivity contribution in [3.8, 4) is 12.8 Å². The van der Waals surface area contributed by atoms with Crippen LogP contribution in [0.5, 0.6) is 0 Å². The van der Waals surface area contributed by atoms with E-state index in [0.29, 0.717) is 0 Å². The first-order valence-electron chi connectivity index (χ1n) is 3.72. The van der Waals surface area contributed by atoms with Crippen LogP contribution in [-0.4, -0.2) is 22.1 Å². The van der Waals surface area contributed by atoms with E-state index in [1.807, 2.05) is 0 Å². The number of hydrogen-bond acceptors (Lipinski definition) is 3. The summed E-state index contributed by atoms with van der Waals surface area (Å²) in [5.74, 6) is -1.31. The fourth-order valence-electron chi connectivity index (χ4n) is 1.18. The number of nitrogens with zero attached hydrogens (tertiary/aromatic N) is 1. The number of rotatable bonds is 0. The van der Waals surface area contributed by atoms with Gasteiger partial charge in [-0.15, -0.1) is 17.9 Å². The number of carbonyl (C=O) groups excluding carboxylic acids is 2. The van der Waals surface area contributed by atoms with Gasteiger partial charge in [0.1, 0.15) is 0 Å². The molecule has 0 aliphatic carbocycles. The summed E-state index contributed by atoms with van der Waals surface area (Å²) in [5, 5.41) is 9.05. The molecule has 1 heterocycles. The molecule has 0 bridgehead atoms. The lowest BCUT2D eigenvalue weighted by Gasteiger charge is -1.99. The second kappa shape index (κ2) is 3.73. The predicted molar refractivity (Wildman–Crippen MR) is 48.6 cm³/mol. The van der Waals surface area contributed by atoms with Gasteiger partial charge in [-0.05, 0) is 12.1 Å². The third-order valence-electron chi connectivity index (χ3n) is 1.77. The van der Waals surface area contributed by atoms with Crippen LogP contribution in [0.25, 0.3) is 0 Å². The molecule has 2 amide bonds. The molecule has 0 atom stereocenters. The molecule has 1 aliphatic rings. The Balaban J connectivity index is 0.000000461. The third kappa shape index (κ3) is 1.26.